The molecule has 126 valence electrons. The second kappa shape index (κ2) is 7.19. The third-order valence-electron chi connectivity index (χ3n) is 3.43. The molecule has 1 heterocycles. The van der Waals surface area contributed by atoms with Crippen LogP contribution in [-0.4, -0.2) is 32.9 Å². The van der Waals surface area contributed by atoms with Crippen molar-refractivity contribution < 1.29 is 17.9 Å². The van der Waals surface area contributed by atoms with Gasteiger partial charge in [0.2, 0.25) is 14.2 Å². The number of thiazole rings is 1. The first-order valence-corrected chi connectivity index (χ1v) is 9.90. The minimum Gasteiger partial charge on any atom is -0.497 e. The molecule has 0 spiro atoms. The molecule has 0 aliphatic carbocycles. The molecule has 0 unspecified atom stereocenters. The zero-order chi connectivity index (χ0) is 17.0. The van der Waals surface area contributed by atoms with Crippen molar-refractivity contribution in [3.05, 3.63) is 48.5 Å². The molecule has 5 nitrogen and oxygen atoms in total. The van der Waals surface area contributed by atoms with Gasteiger partial charge in [0, 0.05) is 0 Å². The lowest BCUT2D eigenvalue weighted by Gasteiger charge is -2.06. The van der Waals surface area contributed by atoms with Crippen molar-refractivity contribution in [2.75, 3.05) is 19.5 Å². The van der Waals surface area contributed by atoms with E-state index in [1.807, 2.05) is 24.3 Å². The Balaban J connectivity index is 1.56. The van der Waals surface area contributed by atoms with E-state index >= 15 is 0 Å². The summed E-state index contributed by atoms with van der Waals surface area (Å²) in [5.41, 5.74) is 0.718. The molecular formula is C17H17NO4S2. The maximum absolute atomic E-state index is 12.4. The second-order valence-corrected chi connectivity index (χ2v) is 8.46. The van der Waals surface area contributed by atoms with Gasteiger partial charge in [-0.2, -0.15) is 0 Å². The average molecular weight is 363 g/mol. The fourth-order valence-electron chi connectivity index (χ4n) is 2.18. The first kappa shape index (κ1) is 16.7. The van der Waals surface area contributed by atoms with Crippen LogP contribution < -0.4 is 9.47 Å². The van der Waals surface area contributed by atoms with Gasteiger partial charge in [-0.3, -0.25) is 0 Å². The van der Waals surface area contributed by atoms with Crippen LogP contribution >= 0.6 is 11.3 Å². The average Bonchev–Trinajstić information content (AvgIpc) is 3.04. The minimum absolute atomic E-state index is 0.0168. The van der Waals surface area contributed by atoms with Gasteiger partial charge >= 0.3 is 0 Å². The minimum atomic E-state index is -3.38. The van der Waals surface area contributed by atoms with E-state index in [4.69, 9.17) is 9.47 Å². The number of rotatable bonds is 7. The predicted octanol–water partition coefficient (Wildman–Crippen LogP) is 3.55. The monoisotopic (exact) mass is 363 g/mol. The Bertz CT molecular complexity index is 884. The van der Waals surface area contributed by atoms with E-state index in [1.54, 1.807) is 31.4 Å². The van der Waals surface area contributed by atoms with E-state index in [0.717, 1.165) is 16.0 Å². The van der Waals surface area contributed by atoms with E-state index in [9.17, 15) is 8.42 Å². The molecule has 0 aliphatic rings. The van der Waals surface area contributed by atoms with Crippen molar-refractivity contribution in [3.63, 3.8) is 0 Å². The Morgan fingerprint density at radius 1 is 1.04 bits per heavy atom. The second-order valence-electron chi connectivity index (χ2n) is 5.14. The van der Waals surface area contributed by atoms with Crippen molar-refractivity contribution in [3.8, 4) is 11.5 Å². The summed E-state index contributed by atoms with van der Waals surface area (Å²) in [6, 6.07) is 14.6. The molecule has 0 bridgehead atoms. The smallest absolute Gasteiger partial charge is 0.210 e. The highest BCUT2D eigenvalue weighted by Crippen LogP contribution is 2.26. The van der Waals surface area contributed by atoms with E-state index in [1.165, 1.54) is 11.3 Å². The molecule has 2 aromatic carbocycles. The molecule has 0 N–H and O–H groups in total. The van der Waals surface area contributed by atoms with Gasteiger partial charge in [0.05, 0.1) is 29.7 Å². The Morgan fingerprint density at radius 2 is 1.75 bits per heavy atom. The topological polar surface area (TPSA) is 65.5 Å². The zero-order valence-electron chi connectivity index (χ0n) is 13.1. The van der Waals surface area contributed by atoms with Crippen molar-refractivity contribution in [1.82, 2.24) is 4.98 Å². The Kier molecular flexibility index (Phi) is 5.01. The number of hydrogen-bond donors (Lipinski definition) is 0. The maximum atomic E-state index is 12.4. The Labute approximate surface area is 144 Å². The molecule has 0 amide bonds. The van der Waals surface area contributed by atoms with Gasteiger partial charge in [-0.1, -0.05) is 12.1 Å². The van der Waals surface area contributed by atoms with Gasteiger partial charge in [-0.25, -0.2) is 13.4 Å². The van der Waals surface area contributed by atoms with E-state index < -0.39 is 9.84 Å². The van der Waals surface area contributed by atoms with Gasteiger partial charge in [0.25, 0.3) is 0 Å². The SMILES string of the molecule is COc1ccc(OCCCS(=O)(=O)c2nc3ccccc3s2)cc1. The molecule has 3 rings (SSSR count). The molecule has 0 fully saturated rings. The van der Waals surface area contributed by atoms with Gasteiger partial charge in [-0.05, 0) is 42.8 Å². The molecule has 0 radical (unpaired) electrons. The van der Waals surface area contributed by atoms with Crippen LogP contribution in [-0.2, 0) is 9.84 Å². The summed E-state index contributed by atoms with van der Waals surface area (Å²) < 4.78 is 36.4. The fourth-order valence-corrected chi connectivity index (χ4v) is 4.82. The zero-order valence-corrected chi connectivity index (χ0v) is 14.8. The highest BCUT2D eigenvalue weighted by Gasteiger charge is 2.19. The molecule has 24 heavy (non-hydrogen) atoms. The Hall–Kier alpha value is -2.12. The van der Waals surface area contributed by atoms with Crippen LogP contribution in [0, 0.1) is 0 Å². The number of methoxy groups -OCH3 is 1. The molecule has 0 atom stereocenters. The summed E-state index contributed by atoms with van der Waals surface area (Å²) in [6.45, 7) is 0.330. The number of sulfone groups is 1. The van der Waals surface area contributed by atoms with Crippen LogP contribution in [0.15, 0.2) is 52.9 Å². The summed E-state index contributed by atoms with van der Waals surface area (Å²) in [7, 11) is -1.78. The van der Waals surface area contributed by atoms with Crippen LogP contribution in [0.4, 0.5) is 0 Å². The number of hydrogen-bond acceptors (Lipinski definition) is 6. The van der Waals surface area contributed by atoms with E-state index in [0.29, 0.717) is 18.8 Å². The van der Waals surface area contributed by atoms with Crippen molar-refractivity contribution >= 4 is 31.4 Å². The molecule has 0 aliphatic heterocycles. The van der Waals surface area contributed by atoms with Crippen molar-refractivity contribution in [2.24, 2.45) is 0 Å². The van der Waals surface area contributed by atoms with Crippen LogP contribution in [0.1, 0.15) is 6.42 Å². The van der Waals surface area contributed by atoms with Gasteiger partial charge < -0.3 is 9.47 Å². The summed E-state index contributed by atoms with van der Waals surface area (Å²) in [4.78, 5) is 4.22. The number of fused-ring (bicyclic) bond motifs is 1. The normalized spacial score (nSPS) is 11.5. The maximum Gasteiger partial charge on any atom is 0.210 e. The standard InChI is InChI=1S/C17H17NO4S2/c1-21-13-7-9-14(10-8-13)22-11-4-12-24(19,20)17-18-15-5-2-3-6-16(15)23-17/h2-3,5-10H,4,11-12H2,1H3. The summed E-state index contributed by atoms with van der Waals surface area (Å²) in [6.07, 6.45) is 0.407. The van der Waals surface area contributed by atoms with Crippen LogP contribution in [0.25, 0.3) is 10.2 Å². The van der Waals surface area contributed by atoms with E-state index in [-0.39, 0.29) is 10.1 Å². The highest BCUT2D eigenvalue weighted by molar-refractivity contribution is 7.93. The number of benzene rings is 2. The van der Waals surface area contributed by atoms with Crippen molar-refractivity contribution in [2.45, 2.75) is 10.8 Å². The first-order valence-electron chi connectivity index (χ1n) is 7.44. The van der Waals surface area contributed by atoms with Gasteiger partial charge in [-0.15, -0.1) is 11.3 Å². The number of ether oxygens (including phenoxy) is 2. The highest BCUT2D eigenvalue weighted by atomic mass is 32.2. The number of nitrogens with zero attached hydrogens (tertiary/aromatic N) is 1. The first-order chi connectivity index (χ1) is 11.6. The third kappa shape index (κ3) is 3.85. The molecule has 3 aromatic rings. The lowest BCUT2D eigenvalue weighted by Crippen LogP contribution is -2.10. The fraction of sp³-hybridized carbons (Fsp3) is 0.235. The molecule has 0 saturated carbocycles. The lowest BCUT2D eigenvalue weighted by molar-refractivity contribution is 0.317. The molecule has 7 heteroatoms. The number of aromatic nitrogens is 1. The number of para-hydroxylation sites is 1. The van der Waals surface area contributed by atoms with Crippen LogP contribution in [0.5, 0.6) is 11.5 Å². The van der Waals surface area contributed by atoms with Gasteiger partial charge in [0.15, 0.2) is 0 Å². The summed E-state index contributed by atoms with van der Waals surface area (Å²) >= 11 is 1.21. The van der Waals surface area contributed by atoms with Crippen LogP contribution in [0.3, 0.4) is 0 Å². The molecule has 1 aromatic heterocycles. The molecular weight excluding hydrogens is 346 g/mol. The predicted molar refractivity (Wildman–Crippen MR) is 94.8 cm³/mol. The summed E-state index contributed by atoms with van der Waals surface area (Å²) in [5, 5.41) is 0. The quantitative estimate of drug-likeness (QED) is 0.601. The largest absolute Gasteiger partial charge is 0.497 e. The van der Waals surface area contributed by atoms with E-state index in [2.05, 4.69) is 4.98 Å². The van der Waals surface area contributed by atoms with Crippen molar-refractivity contribution in [1.29, 1.82) is 0 Å². The van der Waals surface area contributed by atoms with Crippen LogP contribution in [0.2, 0.25) is 0 Å². The summed E-state index contributed by atoms with van der Waals surface area (Å²) in [5.74, 6) is 1.46. The Morgan fingerprint density at radius 3 is 2.46 bits per heavy atom. The lowest BCUT2D eigenvalue weighted by atomic mass is 10.3. The molecule has 0 saturated heterocycles. The third-order valence-corrected chi connectivity index (χ3v) is 6.72. The van der Waals surface area contributed by atoms with Gasteiger partial charge in [0.1, 0.15) is 11.5 Å².